The number of carbonyl (C=O) groups is 1. The lowest BCUT2D eigenvalue weighted by Gasteiger charge is -2.10. The Kier molecular flexibility index (Phi) is 4.01. The smallest absolute Gasteiger partial charge is 0.232 e. The monoisotopic (exact) mass is 209 g/mol. The summed E-state index contributed by atoms with van der Waals surface area (Å²) in [5.74, 6) is 0.663. The molecule has 76 valence electrons. The van der Waals surface area contributed by atoms with Gasteiger partial charge in [-0.25, -0.2) is 0 Å². The lowest BCUT2D eigenvalue weighted by molar-refractivity contribution is -0.125. The first-order valence-electron chi connectivity index (χ1n) is 4.50. The molecule has 0 aliphatic heterocycles. The lowest BCUT2D eigenvalue weighted by Crippen LogP contribution is -2.23. The number of amides is 1. The zero-order valence-corrected chi connectivity index (χ0v) is 9.60. The Bertz CT molecular complexity index is 323. The number of hydrogen-bond donors (Lipinski definition) is 0. The van der Waals surface area contributed by atoms with Crippen LogP contribution < -0.4 is 0 Å². The number of aryl methyl sites for hydroxylation is 1. The molecule has 14 heavy (non-hydrogen) atoms. The van der Waals surface area contributed by atoms with Crippen LogP contribution in [0, 0.1) is 6.92 Å². The van der Waals surface area contributed by atoms with Crippen molar-refractivity contribution in [1.82, 2.24) is 4.90 Å². The van der Waals surface area contributed by atoms with E-state index in [4.69, 9.17) is 0 Å². The standard InChI is InChI=1S/C11H15NOS/c1-9-6-4-5-7-10(9)14-8-11(13)12(2)3/h4-7H,8H2,1-3H3. The third-order valence-corrected chi connectivity index (χ3v) is 3.10. The first kappa shape index (κ1) is 11.1. The number of nitrogens with zero attached hydrogens (tertiary/aromatic N) is 1. The van der Waals surface area contributed by atoms with Crippen molar-refractivity contribution in [2.75, 3.05) is 19.8 Å². The molecule has 1 amide bonds. The predicted molar refractivity (Wildman–Crippen MR) is 60.6 cm³/mol. The van der Waals surface area contributed by atoms with Crippen LogP contribution in [0.3, 0.4) is 0 Å². The Balaban J connectivity index is 2.54. The van der Waals surface area contributed by atoms with Crippen LogP contribution in [0.2, 0.25) is 0 Å². The van der Waals surface area contributed by atoms with Gasteiger partial charge in [0.1, 0.15) is 0 Å². The minimum absolute atomic E-state index is 0.151. The molecule has 0 saturated carbocycles. The fourth-order valence-corrected chi connectivity index (χ4v) is 1.99. The van der Waals surface area contributed by atoms with Gasteiger partial charge in [-0.1, -0.05) is 18.2 Å². The Morgan fingerprint density at radius 3 is 2.57 bits per heavy atom. The van der Waals surface area contributed by atoms with Crippen LogP contribution in [-0.4, -0.2) is 30.7 Å². The number of carbonyl (C=O) groups excluding carboxylic acids is 1. The van der Waals surface area contributed by atoms with Gasteiger partial charge in [0.2, 0.25) is 5.91 Å². The Morgan fingerprint density at radius 2 is 2.00 bits per heavy atom. The summed E-state index contributed by atoms with van der Waals surface area (Å²) in [6.07, 6.45) is 0. The van der Waals surface area contributed by atoms with Crippen LogP contribution in [0.4, 0.5) is 0 Å². The minimum atomic E-state index is 0.151. The van der Waals surface area contributed by atoms with Crippen LogP contribution in [-0.2, 0) is 4.79 Å². The second-order valence-electron chi connectivity index (χ2n) is 3.34. The highest BCUT2D eigenvalue weighted by Gasteiger charge is 2.05. The molecule has 0 saturated heterocycles. The van der Waals surface area contributed by atoms with E-state index in [0.29, 0.717) is 5.75 Å². The molecule has 0 fully saturated rings. The molecular weight excluding hydrogens is 194 g/mol. The SMILES string of the molecule is Cc1ccccc1SCC(=O)N(C)C. The van der Waals surface area contributed by atoms with Crippen LogP contribution in [0.25, 0.3) is 0 Å². The van der Waals surface area contributed by atoms with Gasteiger partial charge in [0, 0.05) is 19.0 Å². The molecule has 0 heterocycles. The van der Waals surface area contributed by atoms with Crippen molar-refractivity contribution in [3.05, 3.63) is 29.8 Å². The summed E-state index contributed by atoms with van der Waals surface area (Å²) in [6.45, 7) is 2.06. The fourth-order valence-electron chi connectivity index (χ4n) is 0.987. The Hall–Kier alpha value is -0.960. The van der Waals surface area contributed by atoms with E-state index >= 15 is 0 Å². The average Bonchev–Trinajstić information content (AvgIpc) is 2.16. The third-order valence-electron chi connectivity index (χ3n) is 1.94. The molecule has 0 atom stereocenters. The maximum absolute atomic E-state index is 11.3. The summed E-state index contributed by atoms with van der Waals surface area (Å²) >= 11 is 1.59. The summed E-state index contributed by atoms with van der Waals surface area (Å²) in [5, 5.41) is 0. The highest BCUT2D eigenvalue weighted by Crippen LogP contribution is 2.21. The summed E-state index contributed by atoms with van der Waals surface area (Å²) in [7, 11) is 3.56. The van der Waals surface area contributed by atoms with E-state index in [1.54, 1.807) is 30.8 Å². The van der Waals surface area contributed by atoms with E-state index in [9.17, 15) is 4.79 Å². The summed E-state index contributed by atoms with van der Waals surface area (Å²) in [5.41, 5.74) is 1.23. The predicted octanol–water partition coefficient (Wildman–Crippen LogP) is 2.18. The molecule has 0 radical (unpaired) electrons. The molecule has 0 N–H and O–H groups in total. The quantitative estimate of drug-likeness (QED) is 0.711. The molecule has 2 nitrogen and oxygen atoms in total. The molecule has 1 aromatic carbocycles. The topological polar surface area (TPSA) is 20.3 Å². The highest BCUT2D eigenvalue weighted by molar-refractivity contribution is 8.00. The van der Waals surface area contributed by atoms with Crippen molar-refractivity contribution < 1.29 is 4.79 Å². The molecule has 1 rings (SSSR count). The van der Waals surface area contributed by atoms with Gasteiger partial charge in [-0.15, -0.1) is 11.8 Å². The van der Waals surface area contributed by atoms with Crippen molar-refractivity contribution in [1.29, 1.82) is 0 Å². The number of thioether (sulfide) groups is 1. The van der Waals surface area contributed by atoms with Gasteiger partial charge >= 0.3 is 0 Å². The maximum atomic E-state index is 11.3. The second kappa shape index (κ2) is 5.05. The van der Waals surface area contributed by atoms with Gasteiger partial charge in [0.25, 0.3) is 0 Å². The van der Waals surface area contributed by atoms with E-state index in [1.807, 2.05) is 18.2 Å². The average molecular weight is 209 g/mol. The molecule has 0 unspecified atom stereocenters. The molecule has 0 aliphatic rings. The molecule has 1 aromatic rings. The highest BCUT2D eigenvalue weighted by atomic mass is 32.2. The van der Waals surface area contributed by atoms with Crippen LogP contribution >= 0.6 is 11.8 Å². The Labute approximate surface area is 89.3 Å². The van der Waals surface area contributed by atoms with E-state index in [2.05, 4.69) is 13.0 Å². The zero-order valence-electron chi connectivity index (χ0n) is 8.78. The van der Waals surface area contributed by atoms with Crippen LogP contribution in [0.5, 0.6) is 0 Å². The zero-order chi connectivity index (χ0) is 10.6. The van der Waals surface area contributed by atoms with E-state index in [0.717, 1.165) is 0 Å². The maximum Gasteiger partial charge on any atom is 0.232 e. The first-order valence-corrected chi connectivity index (χ1v) is 5.48. The molecule has 0 aromatic heterocycles. The van der Waals surface area contributed by atoms with Crippen LogP contribution in [0.1, 0.15) is 5.56 Å². The van der Waals surface area contributed by atoms with Crippen molar-refractivity contribution in [2.24, 2.45) is 0 Å². The van der Waals surface area contributed by atoms with Gasteiger partial charge in [0.05, 0.1) is 5.75 Å². The Morgan fingerprint density at radius 1 is 1.36 bits per heavy atom. The van der Waals surface area contributed by atoms with E-state index < -0.39 is 0 Å². The van der Waals surface area contributed by atoms with Crippen molar-refractivity contribution in [2.45, 2.75) is 11.8 Å². The fraction of sp³-hybridized carbons (Fsp3) is 0.364. The molecule has 0 aliphatic carbocycles. The molecular formula is C11H15NOS. The lowest BCUT2D eigenvalue weighted by atomic mass is 10.2. The van der Waals surface area contributed by atoms with Gasteiger partial charge in [-0.3, -0.25) is 4.79 Å². The molecule has 3 heteroatoms. The number of hydrogen-bond acceptors (Lipinski definition) is 2. The first-order chi connectivity index (χ1) is 6.61. The van der Waals surface area contributed by atoms with Gasteiger partial charge in [0.15, 0.2) is 0 Å². The summed E-state index contributed by atoms with van der Waals surface area (Å²) in [6, 6.07) is 8.11. The van der Waals surface area contributed by atoms with Crippen molar-refractivity contribution >= 4 is 17.7 Å². The van der Waals surface area contributed by atoms with Gasteiger partial charge in [-0.05, 0) is 18.6 Å². The van der Waals surface area contributed by atoms with Gasteiger partial charge in [-0.2, -0.15) is 0 Å². The van der Waals surface area contributed by atoms with E-state index in [1.165, 1.54) is 10.5 Å². The normalized spacial score (nSPS) is 9.93. The summed E-state index contributed by atoms with van der Waals surface area (Å²) < 4.78 is 0. The molecule has 0 bridgehead atoms. The van der Waals surface area contributed by atoms with Gasteiger partial charge < -0.3 is 4.90 Å². The largest absolute Gasteiger partial charge is 0.348 e. The minimum Gasteiger partial charge on any atom is -0.348 e. The van der Waals surface area contributed by atoms with Crippen molar-refractivity contribution in [3.63, 3.8) is 0 Å². The van der Waals surface area contributed by atoms with E-state index in [-0.39, 0.29) is 5.91 Å². The number of rotatable bonds is 3. The second-order valence-corrected chi connectivity index (χ2v) is 4.36. The third kappa shape index (κ3) is 3.07. The molecule has 0 spiro atoms. The summed E-state index contributed by atoms with van der Waals surface area (Å²) in [4.78, 5) is 14.1. The van der Waals surface area contributed by atoms with Crippen molar-refractivity contribution in [3.8, 4) is 0 Å². The van der Waals surface area contributed by atoms with Crippen LogP contribution in [0.15, 0.2) is 29.2 Å². The number of benzene rings is 1.